The van der Waals surface area contributed by atoms with Gasteiger partial charge < -0.3 is 0 Å². The Morgan fingerprint density at radius 1 is 1.17 bits per heavy atom. The van der Waals surface area contributed by atoms with E-state index >= 15 is 0 Å². The van der Waals surface area contributed by atoms with Gasteiger partial charge in [0.05, 0.1) is 0 Å². The molecular formula is H10GaGeInOSnZn. The van der Waals surface area contributed by atoms with Crippen LogP contribution in [-0.2, 0) is 22.6 Å². The SMILES string of the molecule is [GaH3].[GeH4].[InH3].[O]=[Sn].[Zn]. The minimum atomic E-state index is 0. The number of hydrogen-bond acceptors (Lipinski definition) is 1. The van der Waals surface area contributed by atoms with Crippen molar-refractivity contribution in [1.82, 2.24) is 0 Å². The number of hydrogen-bond donors (Lipinski definition) is 0. The summed E-state index contributed by atoms with van der Waals surface area (Å²) in [6.07, 6.45) is 0. The average Bonchev–Trinajstić information content (AvgIpc) is 1.00. The first-order valence-corrected chi connectivity index (χ1v) is 1.37. The molecule has 32 valence electrons. The Hall–Kier alpha value is 3.27. The second kappa shape index (κ2) is 40.9. The maximum atomic E-state index is 8.34. The van der Waals surface area contributed by atoms with Gasteiger partial charge in [-0.25, -0.2) is 0 Å². The van der Waals surface area contributed by atoms with Crippen LogP contribution in [-0.4, -0.2) is 85.7 Å². The molecule has 0 fully saturated rings. The van der Waals surface area contributed by atoms with Gasteiger partial charge >= 0.3 is 88.8 Å². The summed E-state index contributed by atoms with van der Waals surface area (Å²) in [4.78, 5) is 0. The Labute approximate surface area is 106 Å². The summed E-state index contributed by atoms with van der Waals surface area (Å²) in [5.74, 6) is 0. The van der Waals surface area contributed by atoms with Crippen molar-refractivity contribution in [3.8, 4) is 0 Å². The third-order valence-electron chi connectivity index (χ3n) is 0. The summed E-state index contributed by atoms with van der Waals surface area (Å²) in [7, 11) is 0. The van der Waals surface area contributed by atoms with Crippen LogP contribution < -0.4 is 0 Å². The van der Waals surface area contributed by atoms with E-state index < -0.39 is 0 Å². The van der Waals surface area contributed by atoms with Gasteiger partial charge in [-0.3, -0.25) is 0 Å². The van der Waals surface area contributed by atoms with Crippen LogP contribution >= 0.6 is 0 Å². The molecule has 0 amide bonds. The Balaban J connectivity index is -0.000000000833. The molecule has 0 bridgehead atoms. The first-order valence-electron chi connectivity index (χ1n) is 0.204. The predicted molar refractivity (Wildman–Crippen MR) is 37.7 cm³/mol. The fourth-order valence-corrected chi connectivity index (χ4v) is 0. The molecule has 0 N–H and O–H groups in total. The molecule has 2 radical (unpaired) electrons. The predicted octanol–water partition coefficient (Wildman–Crippen LogP) is -4.32. The summed E-state index contributed by atoms with van der Waals surface area (Å²) in [6, 6.07) is 0. The molecule has 0 aromatic carbocycles. The molecule has 0 aromatic rings. The summed E-state index contributed by atoms with van der Waals surface area (Å²) < 4.78 is 8.34. The van der Waals surface area contributed by atoms with Gasteiger partial charge in [-0.1, -0.05) is 0 Å². The van der Waals surface area contributed by atoms with E-state index in [2.05, 4.69) is 0 Å². The van der Waals surface area contributed by atoms with Gasteiger partial charge in [0, 0.05) is 19.5 Å². The molecule has 0 heterocycles. The topological polar surface area (TPSA) is 17.1 Å². The molecular weight excluding hydrogens is 457 g/mol. The van der Waals surface area contributed by atoms with E-state index in [4.69, 9.17) is 3.08 Å². The van der Waals surface area contributed by atoms with E-state index in [1.807, 2.05) is 0 Å². The van der Waals surface area contributed by atoms with Gasteiger partial charge in [0.2, 0.25) is 0 Å². The van der Waals surface area contributed by atoms with Gasteiger partial charge in [-0.15, -0.1) is 0 Å². The molecule has 0 unspecified atom stereocenters. The molecule has 0 saturated heterocycles. The van der Waals surface area contributed by atoms with E-state index in [-0.39, 0.29) is 82.7 Å². The molecule has 0 saturated carbocycles. The minimum Gasteiger partial charge on any atom is 0 e. The zero-order valence-electron chi connectivity index (χ0n) is 1.62. The Morgan fingerprint density at radius 2 is 1.17 bits per heavy atom. The van der Waals surface area contributed by atoms with Crippen LogP contribution in [0.2, 0.25) is 0 Å². The molecule has 0 aliphatic heterocycles. The third kappa shape index (κ3) is 26.7. The van der Waals surface area contributed by atoms with Crippen LogP contribution in [0.4, 0.5) is 0 Å². The quantitative estimate of drug-likeness (QED) is 0.330. The molecule has 0 spiro atoms. The second-order valence-electron chi connectivity index (χ2n) is 0. The van der Waals surface area contributed by atoms with E-state index in [0.29, 0.717) is 22.5 Å². The van der Waals surface area contributed by atoms with Gasteiger partial charge in [0.15, 0.2) is 0 Å². The van der Waals surface area contributed by atoms with E-state index in [1.54, 1.807) is 0 Å². The van der Waals surface area contributed by atoms with Crippen molar-refractivity contribution in [2.75, 3.05) is 0 Å². The normalized spacial score (nSPS) is 0.667. The molecule has 1 nitrogen and oxygen atoms in total. The monoisotopic (exact) mass is 468 g/mol. The zero-order valence-corrected chi connectivity index (χ0v) is 7.44. The summed E-state index contributed by atoms with van der Waals surface area (Å²) in [5, 5.41) is 0. The molecule has 0 atom stereocenters. The third-order valence-corrected chi connectivity index (χ3v) is 0. The maximum Gasteiger partial charge on any atom is 0 e. The average molecular weight is 467 g/mol. The summed E-state index contributed by atoms with van der Waals surface area (Å²) in [6.45, 7) is 0. The van der Waals surface area contributed by atoms with Crippen LogP contribution in [0.25, 0.3) is 0 Å². The summed E-state index contributed by atoms with van der Waals surface area (Å²) >= 11 is 0.300. The summed E-state index contributed by atoms with van der Waals surface area (Å²) in [5.41, 5.74) is 0. The smallest absolute Gasteiger partial charge is 0 e. The molecule has 6 heteroatoms. The van der Waals surface area contributed by atoms with Crippen molar-refractivity contribution < 1.29 is 22.6 Å². The van der Waals surface area contributed by atoms with Crippen LogP contribution in [0, 0.1) is 0 Å². The fraction of sp³-hybridized carbons (Fsp3) is 0. The van der Waals surface area contributed by atoms with Crippen molar-refractivity contribution in [2.24, 2.45) is 0 Å². The standard InChI is InChI=1S/Ga.GeH4.In.O.Sn.Zn.6H/h;1H4;;;;;;;;;;. The minimum absolute atomic E-state index is 0. The van der Waals surface area contributed by atoms with Crippen LogP contribution in [0.1, 0.15) is 0 Å². The molecule has 6 heavy (non-hydrogen) atoms. The number of rotatable bonds is 0. The Bertz CT molecular complexity index is 15.5. The van der Waals surface area contributed by atoms with Crippen molar-refractivity contribution in [2.45, 2.75) is 0 Å². The van der Waals surface area contributed by atoms with Gasteiger partial charge in [0.25, 0.3) is 0 Å². The molecule has 0 rings (SSSR count). The molecule has 0 aromatic heterocycles. The van der Waals surface area contributed by atoms with E-state index in [1.165, 1.54) is 0 Å². The fourth-order valence-electron chi connectivity index (χ4n) is 0. The second-order valence-corrected chi connectivity index (χ2v) is 0. The Kier molecular flexibility index (Phi) is 237. The first kappa shape index (κ1) is 34.8. The van der Waals surface area contributed by atoms with Crippen molar-refractivity contribution in [3.63, 3.8) is 0 Å². The van der Waals surface area contributed by atoms with Gasteiger partial charge in [0.1, 0.15) is 0 Å². The molecule has 0 aliphatic rings. The van der Waals surface area contributed by atoms with E-state index in [9.17, 15) is 0 Å². The Morgan fingerprint density at radius 3 is 1.17 bits per heavy atom. The van der Waals surface area contributed by atoms with Crippen molar-refractivity contribution in [3.05, 3.63) is 0 Å². The van der Waals surface area contributed by atoms with Crippen molar-refractivity contribution >= 4 is 85.7 Å². The molecule has 0 aliphatic carbocycles. The van der Waals surface area contributed by atoms with Crippen LogP contribution in [0.5, 0.6) is 0 Å². The largest absolute Gasteiger partial charge is 0 e. The van der Waals surface area contributed by atoms with E-state index in [0.717, 1.165) is 0 Å². The van der Waals surface area contributed by atoms with Crippen LogP contribution in [0.15, 0.2) is 0 Å². The first-order chi connectivity index (χ1) is 1.00. The van der Waals surface area contributed by atoms with Crippen molar-refractivity contribution in [1.29, 1.82) is 0 Å². The maximum absolute atomic E-state index is 8.34. The zero-order chi connectivity index (χ0) is 2.00. The van der Waals surface area contributed by atoms with Gasteiger partial charge in [-0.2, -0.15) is 0 Å². The van der Waals surface area contributed by atoms with Crippen LogP contribution in [0.3, 0.4) is 0 Å². The van der Waals surface area contributed by atoms with Gasteiger partial charge in [-0.05, 0) is 0 Å².